The maximum atomic E-state index is 5.86. The molecule has 2 rings (SSSR count). The smallest absolute Gasteiger partial charge is 0.188 e. The summed E-state index contributed by atoms with van der Waals surface area (Å²) in [5.74, 6) is 1.30. The second-order valence-corrected chi connectivity index (χ2v) is 4.72. The highest BCUT2D eigenvalue weighted by molar-refractivity contribution is 14.0. The molecular formula is C17H22IN3O. The molecule has 0 amide bonds. The summed E-state index contributed by atoms with van der Waals surface area (Å²) >= 11 is 0. The molecule has 0 bridgehead atoms. The van der Waals surface area contributed by atoms with Crippen LogP contribution in [0, 0.1) is 0 Å². The van der Waals surface area contributed by atoms with Crippen molar-refractivity contribution in [3.63, 3.8) is 0 Å². The van der Waals surface area contributed by atoms with Crippen molar-refractivity contribution in [3.8, 4) is 5.75 Å². The molecule has 0 spiro atoms. The second-order valence-electron chi connectivity index (χ2n) is 4.72. The van der Waals surface area contributed by atoms with Crippen LogP contribution in [-0.2, 0) is 13.0 Å². The average molecular weight is 411 g/mol. The average Bonchev–Trinajstić information content (AvgIpc) is 2.54. The zero-order valence-corrected chi connectivity index (χ0v) is 15.0. The Morgan fingerprint density at radius 2 is 1.82 bits per heavy atom. The first-order valence-corrected chi connectivity index (χ1v) is 6.98. The van der Waals surface area contributed by atoms with Crippen molar-refractivity contribution >= 4 is 29.9 Å². The van der Waals surface area contributed by atoms with Gasteiger partial charge in [-0.1, -0.05) is 42.5 Å². The molecule has 0 saturated heterocycles. The summed E-state index contributed by atoms with van der Waals surface area (Å²) < 4.78 is 5.18. The van der Waals surface area contributed by atoms with E-state index in [4.69, 9.17) is 10.5 Å². The Morgan fingerprint density at radius 3 is 2.55 bits per heavy atom. The third-order valence-electron chi connectivity index (χ3n) is 3.13. The fourth-order valence-corrected chi connectivity index (χ4v) is 1.98. The lowest BCUT2D eigenvalue weighted by Gasteiger charge is -2.06. The van der Waals surface area contributed by atoms with Crippen LogP contribution in [0.3, 0.4) is 0 Å². The van der Waals surface area contributed by atoms with E-state index in [9.17, 15) is 0 Å². The van der Waals surface area contributed by atoms with Crippen LogP contribution in [-0.4, -0.2) is 19.6 Å². The van der Waals surface area contributed by atoms with Crippen molar-refractivity contribution in [1.29, 1.82) is 0 Å². The van der Waals surface area contributed by atoms with Gasteiger partial charge in [0.1, 0.15) is 5.75 Å². The molecule has 0 aromatic heterocycles. The highest BCUT2D eigenvalue weighted by atomic mass is 127. The van der Waals surface area contributed by atoms with E-state index in [-0.39, 0.29) is 24.0 Å². The van der Waals surface area contributed by atoms with Crippen LogP contribution in [0.2, 0.25) is 0 Å². The van der Waals surface area contributed by atoms with Gasteiger partial charge in [-0.2, -0.15) is 0 Å². The number of nitrogens with zero attached hydrogens (tertiary/aromatic N) is 1. The van der Waals surface area contributed by atoms with Crippen LogP contribution < -0.4 is 15.8 Å². The van der Waals surface area contributed by atoms with Crippen LogP contribution in [0.15, 0.2) is 59.6 Å². The Balaban J connectivity index is 0.00000242. The summed E-state index contributed by atoms with van der Waals surface area (Å²) in [5, 5.41) is 3.13. The van der Waals surface area contributed by atoms with E-state index in [1.165, 1.54) is 5.56 Å². The minimum absolute atomic E-state index is 0. The van der Waals surface area contributed by atoms with Crippen molar-refractivity contribution in [2.45, 2.75) is 13.0 Å². The quantitative estimate of drug-likeness (QED) is 0.437. The predicted molar refractivity (Wildman–Crippen MR) is 102 cm³/mol. The molecule has 0 unspecified atom stereocenters. The van der Waals surface area contributed by atoms with E-state index in [2.05, 4.69) is 22.4 Å². The van der Waals surface area contributed by atoms with Crippen molar-refractivity contribution in [2.24, 2.45) is 10.7 Å². The van der Waals surface area contributed by atoms with E-state index in [1.807, 2.05) is 42.5 Å². The lowest BCUT2D eigenvalue weighted by molar-refractivity contribution is 0.414. The van der Waals surface area contributed by atoms with Crippen molar-refractivity contribution in [3.05, 3.63) is 65.7 Å². The van der Waals surface area contributed by atoms with Gasteiger partial charge >= 0.3 is 0 Å². The molecule has 2 aromatic carbocycles. The molecule has 22 heavy (non-hydrogen) atoms. The van der Waals surface area contributed by atoms with Crippen LogP contribution in [0.25, 0.3) is 0 Å². The zero-order valence-electron chi connectivity index (χ0n) is 12.7. The summed E-state index contributed by atoms with van der Waals surface area (Å²) in [6, 6.07) is 18.1. The molecule has 118 valence electrons. The third kappa shape index (κ3) is 6.34. The maximum absolute atomic E-state index is 5.86. The number of guanidine groups is 1. The number of methoxy groups -OCH3 is 1. The van der Waals surface area contributed by atoms with Crippen LogP contribution in [0.4, 0.5) is 0 Å². The number of nitrogens with two attached hydrogens (primary N) is 1. The van der Waals surface area contributed by atoms with Gasteiger partial charge in [-0.3, -0.25) is 0 Å². The summed E-state index contributed by atoms with van der Waals surface area (Å²) in [5.41, 5.74) is 8.22. The molecule has 4 nitrogen and oxygen atoms in total. The van der Waals surface area contributed by atoms with Crippen LogP contribution in [0.1, 0.15) is 11.1 Å². The number of nitrogens with one attached hydrogen (secondary N) is 1. The first-order valence-electron chi connectivity index (χ1n) is 6.98. The number of ether oxygens (including phenoxy) is 1. The van der Waals surface area contributed by atoms with Gasteiger partial charge in [0.15, 0.2) is 5.96 Å². The molecule has 0 saturated carbocycles. The molecule has 0 radical (unpaired) electrons. The Hall–Kier alpha value is -1.76. The van der Waals surface area contributed by atoms with E-state index in [0.29, 0.717) is 12.5 Å². The van der Waals surface area contributed by atoms with Gasteiger partial charge in [0.2, 0.25) is 0 Å². The highest BCUT2D eigenvalue weighted by Gasteiger charge is 1.97. The van der Waals surface area contributed by atoms with Gasteiger partial charge in [-0.15, -0.1) is 24.0 Å². The highest BCUT2D eigenvalue weighted by Crippen LogP contribution is 2.12. The largest absolute Gasteiger partial charge is 0.497 e. The maximum Gasteiger partial charge on any atom is 0.188 e. The monoisotopic (exact) mass is 411 g/mol. The number of halogens is 1. The summed E-state index contributed by atoms with van der Waals surface area (Å²) in [4.78, 5) is 4.33. The first-order chi connectivity index (χ1) is 10.3. The third-order valence-corrected chi connectivity index (χ3v) is 3.13. The number of rotatable bonds is 6. The number of aliphatic imine (C=N–C) groups is 1. The van der Waals surface area contributed by atoms with Gasteiger partial charge in [-0.25, -0.2) is 4.99 Å². The molecule has 0 aliphatic heterocycles. The Kier molecular flexibility index (Phi) is 8.35. The molecular weight excluding hydrogens is 389 g/mol. The van der Waals surface area contributed by atoms with E-state index in [1.54, 1.807) is 7.11 Å². The molecule has 0 aliphatic carbocycles. The topological polar surface area (TPSA) is 59.6 Å². The molecule has 0 atom stereocenters. The SMILES string of the molecule is COc1cccc(CN=C(N)NCCc2ccccc2)c1.I. The van der Waals surface area contributed by atoms with E-state index in [0.717, 1.165) is 24.3 Å². The summed E-state index contributed by atoms with van der Waals surface area (Å²) in [7, 11) is 1.65. The summed E-state index contributed by atoms with van der Waals surface area (Å²) in [6.07, 6.45) is 0.927. The fraction of sp³-hybridized carbons (Fsp3) is 0.235. The minimum atomic E-state index is 0. The van der Waals surface area contributed by atoms with E-state index < -0.39 is 0 Å². The minimum Gasteiger partial charge on any atom is -0.497 e. The molecule has 5 heteroatoms. The predicted octanol–water partition coefficient (Wildman–Crippen LogP) is 2.96. The van der Waals surface area contributed by atoms with Gasteiger partial charge in [-0.05, 0) is 29.7 Å². The standard InChI is InChI=1S/C17H21N3O.HI/c1-21-16-9-5-8-15(12-16)13-20-17(18)19-11-10-14-6-3-2-4-7-14;/h2-9,12H,10-11,13H2,1H3,(H3,18,19,20);1H. The van der Waals surface area contributed by atoms with Crippen LogP contribution >= 0.6 is 24.0 Å². The van der Waals surface area contributed by atoms with E-state index >= 15 is 0 Å². The zero-order chi connectivity index (χ0) is 14.9. The normalized spacial score (nSPS) is 10.7. The first kappa shape index (κ1) is 18.3. The molecule has 0 heterocycles. The van der Waals surface area contributed by atoms with Gasteiger partial charge in [0.05, 0.1) is 13.7 Å². The molecule has 0 aliphatic rings. The summed E-state index contributed by atoms with van der Waals surface area (Å²) in [6.45, 7) is 1.32. The molecule has 0 fully saturated rings. The fourth-order valence-electron chi connectivity index (χ4n) is 1.98. The van der Waals surface area contributed by atoms with Crippen LogP contribution in [0.5, 0.6) is 5.75 Å². The Labute approximate surface area is 148 Å². The van der Waals surface area contributed by atoms with Crippen molar-refractivity contribution < 1.29 is 4.74 Å². The van der Waals surface area contributed by atoms with Crippen molar-refractivity contribution in [1.82, 2.24) is 5.32 Å². The van der Waals surface area contributed by atoms with Gasteiger partial charge < -0.3 is 15.8 Å². The lowest BCUT2D eigenvalue weighted by Crippen LogP contribution is -2.33. The Morgan fingerprint density at radius 1 is 1.09 bits per heavy atom. The molecule has 3 N–H and O–H groups in total. The Bertz CT molecular complexity index is 587. The number of benzene rings is 2. The second kappa shape index (κ2) is 10.0. The van der Waals surface area contributed by atoms with Gasteiger partial charge in [0.25, 0.3) is 0 Å². The number of hydrogen-bond acceptors (Lipinski definition) is 2. The molecule has 2 aromatic rings. The van der Waals surface area contributed by atoms with Gasteiger partial charge in [0, 0.05) is 6.54 Å². The van der Waals surface area contributed by atoms with Crippen molar-refractivity contribution in [2.75, 3.05) is 13.7 Å². The lowest BCUT2D eigenvalue weighted by atomic mass is 10.1. The number of hydrogen-bond donors (Lipinski definition) is 2.